The summed E-state index contributed by atoms with van der Waals surface area (Å²) in [6.07, 6.45) is 1.95. The Morgan fingerprint density at radius 2 is 2.04 bits per heavy atom. The molecule has 2 unspecified atom stereocenters. The Balaban J connectivity index is 2.22. The number of nitrogens with two attached hydrogens (primary N) is 1. The zero-order chi connectivity index (χ0) is 20.6. The highest BCUT2D eigenvalue weighted by atomic mass is 35.5. The van der Waals surface area contributed by atoms with Gasteiger partial charge in [0.05, 0.1) is 29.3 Å². The van der Waals surface area contributed by atoms with Crippen molar-refractivity contribution in [1.82, 2.24) is 0 Å². The van der Waals surface area contributed by atoms with Crippen molar-refractivity contribution in [2.24, 2.45) is 5.41 Å². The molecular formula is C23H29ClN2O2. The van der Waals surface area contributed by atoms with Gasteiger partial charge in [0, 0.05) is 13.0 Å². The van der Waals surface area contributed by atoms with E-state index in [2.05, 4.69) is 29.6 Å². The molecule has 0 amide bonds. The van der Waals surface area contributed by atoms with Crippen molar-refractivity contribution in [1.29, 1.82) is 0 Å². The second kappa shape index (κ2) is 7.67. The van der Waals surface area contributed by atoms with Gasteiger partial charge in [0.15, 0.2) is 0 Å². The third kappa shape index (κ3) is 3.35. The standard InChI is InChI=1S/C23H29ClN2O2/c1-13-16(9-11-19(26-4)21(13)25)20(23(2,3)22(27)28-5)15-7-6-14-8-10-18(24)17(14)12-15/h6-7,9,11-12,18,20,26H,8,10,25H2,1-5H3. The monoisotopic (exact) mass is 400 g/mol. The molecule has 0 aliphatic heterocycles. The van der Waals surface area contributed by atoms with Crippen LogP contribution >= 0.6 is 11.6 Å². The molecule has 1 aliphatic rings. The van der Waals surface area contributed by atoms with Gasteiger partial charge < -0.3 is 15.8 Å². The van der Waals surface area contributed by atoms with Crippen LogP contribution in [0.1, 0.15) is 59.4 Å². The van der Waals surface area contributed by atoms with Crippen LogP contribution in [0, 0.1) is 12.3 Å². The maximum Gasteiger partial charge on any atom is 0.312 e. The Morgan fingerprint density at radius 1 is 1.32 bits per heavy atom. The van der Waals surface area contributed by atoms with E-state index >= 15 is 0 Å². The number of esters is 1. The van der Waals surface area contributed by atoms with Crippen LogP contribution in [0.5, 0.6) is 0 Å². The first-order valence-electron chi connectivity index (χ1n) is 9.64. The molecule has 5 heteroatoms. The van der Waals surface area contributed by atoms with E-state index < -0.39 is 5.41 Å². The molecule has 3 rings (SSSR count). The minimum atomic E-state index is -0.776. The molecule has 3 N–H and O–H groups in total. The fraction of sp³-hybridized carbons (Fsp3) is 0.435. The highest BCUT2D eigenvalue weighted by Crippen LogP contribution is 2.47. The van der Waals surface area contributed by atoms with Gasteiger partial charge in [0.25, 0.3) is 0 Å². The number of halogens is 1. The first-order valence-corrected chi connectivity index (χ1v) is 10.1. The fourth-order valence-electron chi connectivity index (χ4n) is 4.39. The summed E-state index contributed by atoms with van der Waals surface area (Å²) in [6.45, 7) is 5.86. The van der Waals surface area contributed by atoms with E-state index in [4.69, 9.17) is 22.1 Å². The molecule has 2 aromatic carbocycles. The third-order valence-corrected chi connectivity index (χ3v) is 6.53. The zero-order valence-electron chi connectivity index (χ0n) is 17.2. The summed E-state index contributed by atoms with van der Waals surface area (Å²) in [7, 11) is 3.28. The zero-order valence-corrected chi connectivity index (χ0v) is 18.0. The number of hydrogen-bond acceptors (Lipinski definition) is 4. The van der Waals surface area contributed by atoms with E-state index in [0.29, 0.717) is 5.69 Å². The first-order chi connectivity index (χ1) is 13.2. The molecule has 0 saturated heterocycles. The molecule has 0 bridgehead atoms. The van der Waals surface area contributed by atoms with Gasteiger partial charge in [-0.2, -0.15) is 0 Å². The lowest BCUT2D eigenvalue weighted by Crippen LogP contribution is -2.34. The summed E-state index contributed by atoms with van der Waals surface area (Å²) in [5.74, 6) is -0.459. The summed E-state index contributed by atoms with van der Waals surface area (Å²) < 4.78 is 5.16. The molecule has 2 aromatic rings. The SMILES string of the molecule is CNc1ccc(C(c2ccc3c(c2)C(Cl)CC3)C(C)(C)C(=O)OC)c(C)c1N. The fourth-order valence-corrected chi connectivity index (χ4v) is 4.70. The molecule has 4 nitrogen and oxygen atoms in total. The molecule has 0 heterocycles. The van der Waals surface area contributed by atoms with Crippen molar-refractivity contribution in [2.75, 3.05) is 25.2 Å². The molecule has 0 radical (unpaired) electrons. The molecule has 0 fully saturated rings. The van der Waals surface area contributed by atoms with Crippen molar-refractivity contribution in [3.8, 4) is 0 Å². The largest absolute Gasteiger partial charge is 0.469 e. The second-order valence-corrected chi connectivity index (χ2v) is 8.63. The lowest BCUT2D eigenvalue weighted by atomic mass is 9.69. The van der Waals surface area contributed by atoms with Crippen LogP contribution in [0.2, 0.25) is 0 Å². The quantitative estimate of drug-likeness (QED) is 0.412. The molecule has 0 aromatic heterocycles. The van der Waals surface area contributed by atoms with Crippen LogP contribution in [0.3, 0.4) is 0 Å². The van der Waals surface area contributed by atoms with Gasteiger partial charge in [-0.3, -0.25) is 4.79 Å². The number of carbonyl (C=O) groups is 1. The number of benzene rings is 2. The number of carbonyl (C=O) groups excluding carboxylic acids is 1. The van der Waals surface area contributed by atoms with E-state index in [1.54, 1.807) is 0 Å². The van der Waals surface area contributed by atoms with Gasteiger partial charge in [-0.15, -0.1) is 11.6 Å². The predicted octanol–water partition coefficient (Wildman–Crippen LogP) is 5.18. The number of nitrogens with one attached hydrogen (secondary N) is 1. The number of alkyl halides is 1. The smallest absolute Gasteiger partial charge is 0.312 e. The van der Waals surface area contributed by atoms with Crippen LogP contribution in [-0.2, 0) is 16.0 Å². The molecule has 150 valence electrons. The van der Waals surface area contributed by atoms with Crippen molar-refractivity contribution in [3.63, 3.8) is 0 Å². The Hall–Kier alpha value is -2.20. The van der Waals surface area contributed by atoms with Gasteiger partial charge in [-0.05, 0) is 67.5 Å². The predicted molar refractivity (Wildman–Crippen MR) is 116 cm³/mol. The lowest BCUT2D eigenvalue weighted by molar-refractivity contribution is -0.151. The summed E-state index contributed by atoms with van der Waals surface area (Å²) >= 11 is 6.55. The van der Waals surface area contributed by atoms with Crippen molar-refractivity contribution >= 4 is 28.9 Å². The van der Waals surface area contributed by atoms with Gasteiger partial charge in [0.2, 0.25) is 0 Å². The van der Waals surface area contributed by atoms with Gasteiger partial charge >= 0.3 is 5.97 Å². The summed E-state index contributed by atoms with van der Waals surface area (Å²) in [6, 6.07) is 10.4. The van der Waals surface area contributed by atoms with Crippen LogP contribution in [-0.4, -0.2) is 20.1 Å². The number of hydrogen-bond donors (Lipinski definition) is 2. The van der Waals surface area contributed by atoms with Crippen LogP contribution in [0.25, 0.3) is 0 Å². The number of methoxy groups -OCH3 is 1. The Morgan fingerprint density at radius 3 is 2.68 bits per heavy atom. The third-order valence-electron chi connectivity index (χ3n) is 6.08. The van der Waals surface area contributed by atoms with Crippen molar-refractivity contribution in [2.45, 2.75) is 44.9 Å². The van der Waals surface area contributed by atoms with E-state index in [1.807, 2.05) is 33.9 Å². The first kappa shape index (κ1) is 20.5. The number of aryl methyl sites for hydroxylation is 1. The van der Waals surface area contributed by atoms with Crippen molar-refractivity contribution in [3.05, 3.63) is 58.1 Å². The van der Waals surface area contributed by atoms with Crippen LogP contribution in [0.15, 0.2) is 30.3 Å². The maximum atomic E-state index is 12.7. The van der Waals surface area contributed by atoms with Crippen LogP contribution < -0.4 is 11.1 Å². The van der Waals surface area contributed by atoms with E-state index in [1.165, 1.54) is 18.2 Å². The number of ether oxygens (including phenoxy) is 1. The molecule has 2 atom stereocenters. The minimum absolute atomic E-state index is 0.0228. The highest BCUT2D eigenvalue weighted by molar-refractivity contribution is 6.21. The molecule has 1 aliphatic carbocycles. The highest BCUT2D eigenvalue weighted by Gasteiger charge is 2.41. The number of nitrogen functional groups attached to an aromatic ring is 1. The Kier molecular flexibility index (Phi) is 5.62. The van der Waals surface area contributed by atoms with E-state index in [0.717, 1.165) is 35.2 Å². The number of anilines is 2. The second-order valence-electron chi connectivity index (χ2n) is 8.10. The Bertz CT molecular complexity index is 908. The normalized spacial score (nSPS) is 17.1. The maximum absolute atomic E-state index is 12.7. The van der Waals surface area contributed by atoms with Crippen LogP contribution in [0.4, 0.5) is 11.4 Å². The summed E-state index contributed by atoms with van der Waals surface area (Å²) in [5.41, 5.74) is 12.7. The van der Waals surface area contributed by atoms with Gasteiger partial charge in [-0.25, -0.2) is 0 Å². The van der Waals surface area contributed by atoms with E-state index in [-0.39, 0.29) is 17.3 Å². The summed E-state index contributed by atoms with van der Waals surface area (Å²) in [5, 5.41) is 3.14. The van der Waals surface area contributed by atoms with Crippen molar-refractivity contribution < 1.29 is 9.53 Å². The average Bonchev–Trinajstić information content (AvgIpc) is 3.05. The minimum Gasteiger partial charge on any atom is -0.469 e. The average molecular weight is 401 g/mol. The number of fused-ring (bicyclic) bond motifs is 1. The molecule has 0 saturated carbocycles. The van der Waals surface area contributed by atoms with Gasteiger partial charge in [-0.1, -0.05) is 24.3 Å². The number of rotatable bonds is 5. The van der Waals surface area contributed by atoms with Gasteiger partial charge in [0.1, 0.15) is 0 Å². The molecule has 28 heavy (non-hydrogen) atoms. The molecule has 0 spiro atoms. The lowest BCUT2D eigenvalue weighted by Gasteiger charge is -2.34. The topological polar surface area (TPSA) is 64.3 Å². The summed E-state index contributed by atoms with van der Waals surface area (Å²) in [4.78, 5) is 12.7. The van der Waals surface area contributed by atoms with E-state index in [9.17, 15) is 4.79 Å². The molecular weight excluding hydrogens is 372 g/mol. The Labute approximate surface area is 172 Å².